The Morgan fingerprint density at radius 1 is 1.36 bits per heavy atom. The lowest BCUT2D eigenvalue weighted by molar-refractivity contribution is -0.895. The van der Waals surface area contributed by atoms with Crippen LogP contribution >= 0.6 is 15.9 Å². The first-order chi connectivity index (χ1) is 10.6. The molecule has 1 aliphatic rings. The van der Waals surface area contributed by atoms with Crippen molar-refractivity contribution in [2.24, 2.45) is 0 Å². The first-order valence-electron chi connectivity index (χ1n) is 7.39. The van der Waals surface area contributed by atoms with Gasteiger partial charge in [0.1, 0.15) is 0 Å². The van der Waals surface area contributed by atoms with E-state index in [2.05, 4.69) is 21.2 Å². The predicted octanol–water partition coefficient (Wildman–Crippen LogP) is 0.745. The second-order valence-corrected chi connectivity index (χ2v) is 6.09. The van der Waals surface area contributed by atoms with Gasteiger partial charge in [0.25, 0.3) is 5.91 Å². The zero-order chi connectivity index (χ0) is 15.9. The van der Waals surface area contributed by atoms with Crippen LogP contribution in [-0.4, -0.2) is 56.2 Å². The van der Waals surface area contributed by atoms with E-state index in [1.807, 2.05) is 24.3 Å². The minimum absolute atomic E-state index is 0.0160. The van der Waals surface area contributed by atoms with Gasteiger partial charge in [0.05, 0.1) is 32.8 Å². The van der Waals surface area contributed by atoms with Crippen molar-refractivity contribution in [3.05, 3.63) is 28.7 Å². The predicted molar refractivity (Wildman–Crippen MR) is 86.9 cm³/mol. The maximum Gasteiger partial charge on any atom is 0.410 e. The van der Waals surface area contributed by atoms with Crippen LogP contribution in [0.1, 0.15) is 6.92 Å². The van der Waals surface area contributed by atoms with Crippen LogP contribution < -0.4 is 10.2 Å². The van der Waals surface area contributed by atoms with Crippen LogP contribution in [0.5, 0.6) is 0 Å². The van der Waals surface area contributed by atoms with E-state index in [1.165, 1.54) is 4.90 Å². The van der Waals surface area contributed by atoms with Crippen LogP contribution in [-0.2, 0) is 9.53 Å². The second kappa shape index (κ2) is 8.14. The van der Waals surface area contributed by atoms with Gasteiger partial charge in [-0.3, -0.25) is 9.69 Å². The molecule has 0 bridgehead atoms. The first kappa shape index (κ1) is 16.8. The van der Waals surface area contributed by atoms with Crippen molar-refractivity contribution in [3.8, 4) is 0 Å². The molecule has 1 aliphatic heterocycles. The number of carbonyl (C=O) groups is 2. The smallest absolute Gasteiger partial charge is 0.410 e. The molecule has 1 aromatic rings. The molecule has 2 N–H and O–H groups in total. The lowest BCUT2D eigenvalue weighted by Gasteiger charge is -2.31. The van der Waals surface area contributed by atoms with E-state index in [4.69, 9.17) is 4.74 Å². The maximum absolute atomic E-state index is 12.1. The fraction of sp³-hybridized carbons (Fsp3) is 0.467. The molecule has 2 amide bonds. The highest BCUT2D eigenvalue weighted by atomic mass is 79.9. The number of anilines is 1. The summed E-state index contributed by atoms with van der Waals surface area (Å²) < 4.78 is 5.91. The van der Waals surface area contributed by atoms with Crippen LogP contribution in [0, 0.1) is 0 Å². The standard InChI is InChI=1S/C15H20BrN3O3/c1-2-22-15(21)19-8-6-18(7-9-19)11-14(20)17-13-5-3-4-12(16)10-13/h3-5,10H,2,6-9,11H2,1H3,(H,17,20)/p+1. The van der Waals surface area contributed by atoms with Crippen molar-refractivity contribution in [2.75, 3.05) is 44.6 Å². The molecule has 120 valence electrons. The number of amides is 2. The summed E-state index contributed by atoms with van der Waals surface area (Å²) in [5.41, 5.74) is 0.781. The summed E-state index contributed by atoms with van der Waals surface area (Å²) in [6, 6.07) is 7.52. The molecule has 0 spiro atoms. The SMILES string of the molecule is CCOC(=O)N1CC[NH+](CC(=O)Nc2cccc(Br)c2)CC1. The van der Waals surface area contributed by atoms with Crippen molar-refractivity contribution < 1.29 is 19.2 Å². The summed E-state index contributed by atoms with van der Waals surface area (Å²) in [6.45, 7) is 5.35. The number of piperazine rings is 1. The second-order valence-electron chi connectivity index (χ2n) is 5.17. The molecule has 7 heteroatoms. The molecule has 22 heavy (non-hydrogen) atoms. The van der Waals surface area contributed by atoms with Gasteiger partial charge in [0.15, 0.2) is 6.54 Å². The molecule has 1 saturated heterocycles. The van der Waals surface area contributed by atoms with Crippen LogP contribution in [0.2, 0.25) is 0 Å². The quantitative estimate of drug-likeness (QED) is 0.821. The molecule has 1 aromatic carbocycles. The lowest BCUT2D eigenvalue weighted by atomic mass is 10.3. The fourth-order valence-corrected chi connectivity index (χ4v) is 2.79. The zero-order valence-electron chi connectivity index (χ0n) is 12.6. The van der Waals surface area contributed by atoms with E-state index in [1.54, 1.807) is 11.8 Å². The highest BCUT2D eigenvalue weighted by Gasteiger charge is 2.25. The summed E-state index contributed by atoms with van der Waals surface area (Å²) in [7, 11) is 0. The van der Waals surface area contributed by atoms with Gasteiger partial charge >= 0.3 is 6.09 Å². The Balaban J connectivity index is 1.76. The molecule has 0 aliphatic carbocycles. The van der Waals surface area contributed by atoms with Crippen molar-refractivity contribution in [1.29, 1.82) is 0 Å². The van der Waals surface area contributed by atoms with E-state index >= 15 is 0 Å². The third-order valence-electron chi connectivity index (χ3n) is 3.52. The lowest BCUT2D eigenvalue weighted by Crippen LogP contribution is -3.15. The van der Waals surface area contributed by atoms with Crippen LogP contribution in [0.4, 0.5) is 10.5 Å². The number of benzene rings is 1. The third-order valence-corrected chi connectivity index (χ3v) is 4.01. The van der Waals surface area contributed by atoms with Gasteiger partial charge in [-0.25, -0.2) is 4.79 Å². The highest BCUT2D eigenvalue weighted by Crippen LogP contribution is 2.15. The fourth-order valence-electron chi connectivity index (χ4n) is 2.40. The van der Waals surface area contributed by atoms with Crippen LogP contribution in [0.3, 0.4) is 0 Å². The Kier molecular flexibility index (Phi) is 6.21. The number of ether oxygens (including phenoxy) is 1. The topological polar surface area (TPSA) is 63.1 Å². The Hall–Kier alpha value is -1.60. The molecule has 1 fully saturated rings. The van der Waals surface area contributed by atoms with Gasteiger partial charge in [-0.05, 0) is 25.1 Å². The van der Waals surface area contributed by atoms with Crippen LogP contribution in [0.25, 0.3) is 0 Å². The number of hydrogen-bond acceptors (Lipinski definition) is 3. The zero-order valence-corrected chi connectivity index (χ0v) is 14.2. The summed E-state index contributed by atoms with van der Waals surface area (Å²) in [5, 5.41) is 2.89. The molecular weight excluding hydrogens is 350 g/mol. The molecule has 0 unspecified atom stereocenters. The number of quaternary nitrogens is 1. The number of nitrogens with zero attached hydrogens (tertiary/aromatic N) is 1. The van der Waals surface area contributed by atoms with Crippen molar-refractivity contribution in [3.63, 3.8) is 0 Å². The Bertz CT molecular complexity index is 531. The Morgan fingerprint density at radius 3 is 2.73 bits per heavy atom. The van der Waals surface area contributed by atoms with E-state index in [-0.39, 0.29) is 12.0 Å². The number of rotatable bonds is 4. The van der Waals surface area contributed by atoms with Gasteiger partial charge in [0.2, 0.25) is 0 Å². The number of hydrogen-bond donors (Lipinski definition) is 2. The van der Waals surface area contributed by atoms with Crippen LogP contribution in [0.15, 0.2) is 28.7 Å². The van der Waals surface area contributed by atoms with Crippen molar-refractivity contribution >= 4 is 33.6 Å². The van der Waals surface area contributed by atoms with Crippen molar-refractivity contribution in [1.82, 2.24) is 4.90 Å². The van der Waals surface area contributed by atoms with E-state index in [9.17, 15) is 9.59 Å². The number of halogens is 1. The summed E-state index contributed by atoms with van der Waals surface area (Å²) in [6.07, 6.45) is -0.264. The normalized spacial score (nSPS) is 15.5. The number of carbonyl (C=O) groups excluding carboxylic acids is 2. The van der Waals surface area contributed by atoms with E-state index in [0.717, 1.165) is 23.2 Å². The summed E-state index contributed by atoms with van der Waals surface area (Å²) in [5.74, 6) is -0.0160. The van der Waals surface area contributed by atoms with Gasteiger partial charge < -0.3 is 15.0 Å². The maximum atomic E-state index is 12.1. The molecule has 6 nitrogen and oxygen atoms in total. The molecule has 1 heterocycles. The Labute approximate surface area is 138 Å². The highest BCUT2D eigenvalue weighted by molar-refractivity contribution is 9.10. The van der Waals surface area contributed by atoms with E-state index in [0.29, 0.717) is 26.2 Å². The minimum Gasteiger partial charge on any atom is -0.450 e. The van der Waals surface area contributed by atoms with Gasteiger partial charge in [0, 0.05) is 10.2 Å². The van der Waals surface area contributed by atoms with E-state index < -0.39 is 0 Å². The molecule has 0 atom stereocenters. The average molecular weight is 371 g/mol. The largest absolute Gasteiger partial charge is 0.450 e. The summed E-state index contributed by atoms with van der Waals surface area (Å²) in [4.78, 5) is 26.5. The number of nitrogens with one attached hydrogen (secondary N) is 2. The molecule has 0 aromatic heterocycles. The van der Waals surface area contributed by atoms with Gasteiger partial charge in [-0.2, -0.15) is 0 Å². The Morgan fingerprint density at radius 2 is 2.09 bits per heavy atom. The first-order valence-corrected chi connectivity index (χ1v) is 8.18. The average Bonchev–Trinajstić information content (AvgIpc) is 2.48. The minimum atomic E-state index is -0.264. The third kappa shape index (κ3) is 4.99. The molecule has 0 saturated carbocycles. The molecular formula is C15H21BrN3O3+. The van der Waals surface area contributed by atoms with Gasteiger partial charge in [-0.15, -0.1) is 0 Å². The monoisotopic (exact) mass is 370 g/mol. The molecule has 2 rings (SSSR count). The van der Waals surface area contributed by atoms with Gasteiger partial charge in [-0.1, -0.05) is 22.0 Å². The summed E-state index contributed by atoms with van der Waals surface area (Å²) >= 11 is 3.38. The molecule has 0 radical (unpaired) electrons. The van der Waals surface area contributed by atoms with Crippen molar-refractivity contribution in [2.45, 2.75) is 6.92 Å².